The van der Waals surface area contributed by atoms with Gasteiger partial charge in [0.25, 0.3) is 0 Å². The van der Waals surface area contributed by atoms with Crippen molar-refractivity contribution in [3.63, 3.8) is 0 Å². The highest BCUT2D eigenvalue weighted by Gasteiger charge is 2.17. The van der Waals surface area contributed by atoms with Crippen molar-refractivity contribution in [2.24, 2.45) is 0 Å². The number of halogens is 1. The minimum atomic E-state index is 0.608. The molecule has 0 bridgehead atoms. The lowest BCUT2D eigenvalue weighted by Crippen LogP contribution is -2.09. The molecule has 4 nitrogen and oxygen atoms in total. The maximum atomic E-state index is 6.10. The van der Waals surface area contributed by atoms with E-state index in [9.17, 15) is 0 Å². The number of aromatic nitrogens is 2. The van der Waals surface area contributed by atoms with E-state index in [1.807, 2.05) is 0 Å². The number of methoxy groups -OCH3 is 1. The Morgan fingerprint density at radius 2 is 2.25 bits per heavy atom. The van der Waals surface area contributed by atoms with Crippen LogP contribution in [0.4, 0.5) is 5.95 Å². The summed E-state index contributed by atoms with van der Waals surface area (Å²) in [7, 11) is 1.70. The first-order valence-corrected chi connectivity index (χ1v) is 5.97. The zero-order valence-electron chi connectivity index (χ0n) is 9.42. The molecule has 16 heavy (non-hydrogen) atoms. The molecule has 0 fully saturated rings. The summed E-state index contributed by atoms with van der Waals surface area (Å²) in [6, 6.07) is 0. The molecule has 2 rings (SSSR count). The third-order valence-electron chi connectivity index (χ3n) is 2.69. The third-order valence-corrected chi connectivity index (χ3v) is 3.00. The minimum absolute atomic E-state index is 0.608. The lowest BCUT2D eigenvalue weighted by molar-refractivity contribution is 0.197. The highest BCUT2D eigenvalue weighted by Crippen LogP contribution is 2.26. The predicted molar refractivity (Wildman–Crippen MR) is 64.0 cm³/mol. The van der Waals surface area contributed by atoms with Gasteiger partial charge < -0.3 is 10.1 Å². The normalized spacial score (nSPS) is 13.9. The molecule has 5 heteroatoms. The highest BCUT2D eigenvalue weighted by molar-refractivity contribution is 6.30. The fraction of sp³-hybridized carbons (Fsp3) is 0.636. The van der Waals surface area contributed by atoms with Gasteiger partial charge in [0.2, 0.25) is 5.95 Å². The summed E-state index contributed by atoms with van der Waals surface area (Å²) in [4.78, 5) is 8.71. The van der Waals surface area contributed by atoms with Gasteiger partial charge in [-0.2, -0.15) is 0 Å². The van der Waals surface area contributed by atoms with E-state index < -0.39 is 0 Å². The molecule has 0 radical (unpaired) electrons. The summed E-state index contributed by atoms with van der Waals surface area (Å²) in [5.41, 5.74) is 2.23. The van der Waals surface area contributed by atoms with Gasteiger partial charge in [-0.05, 0) is 25.7 Å². The quantitative estimate of drug-likeness (QED) is 0.633. The van der Waals surface area contributed by atoms with Crippen LogP contribution >= 0.6 is 11.6 Å². The van der Waals surface area contributed by atoms with Gasteiger partial charge in [-0.15, -0.1) is 0 Å². The number of rotatable bonds is 5. The number of anilines is 1. The number of fused-ring (bicyclic) bond motifs is 1. The molecule has 0 aliphatic heterocycles. The SMILES string of the molecule is COCCCNc1nc(Cl)c2c(n1)CCC2. The van der Waals surface area contributed by atoms with E-state index in [4.69, 9.17) is 16.3 Å². The molecule has 0 unspecified atom stereocenters. The lowest BCUT2D eigenvalue weighted by Gasteiger charge is -2.07. The lowest BCUT2D eigenvalue weighted by atomic mass is 10.3. The van der Waals surface area contributed by atoms with Crippen LogP contribution in [0.5, 0.6) is 0 Å². The summed E-state index contributed by atoms with van der Waals surface area (Å²) < 4.78 is 4.97. The number of nitrogens with one attached hydrogen (secondary N) is 1. The third kappa shape index (κ3) is 2.62. The van der Waals surface area contributed by atoms with E-state index in [-0.39, 0.29) is 0 Å². The topological polar surface area (TPSA) is 47.0 Å². The van der Waals surface area contributed by atoms with E-state index >= 15 is 0 Å². The smallest absolute Gasteiger partial charge is 0.224 e. The summed E-state index contributed by atoms with van der Waals surface area (Å²) >= 11 is 6.10. The van der Waals surface area contributed by atoms with Gasteiger partial charge in [-0.25, -0.2) is 9.97 Å². The van der Waals surface area contributed by atoms with Crippen LogP contribution in [0.25, 0.3) is 0 Å². The van der Waals surface area contributed by atoms with Crippen molar-refractivity contribution in [2.75, 3.05) is 25.6 Å². The molecule has 0 saturated carbocycles. The zero-order chi connectivity index (χ0) is 11.4. The molecular formula is C11H16ClN3O. The van der Waals surface area contributed by atoms with Crippen molar-refractivity contribution in [1.82, 2.24) is 9.97 Å². The molecule has 1 aliphatic carbocycles. The van der Waals surface area contributed by atoms with Crippen molar-refractivity contribution < 1.29 is 4.74 Å². The van der Waals surface area contributed by atoms with Crippen molar-refractivity contribution in [3.05, 3.63) is 16.4 Å². The second-order valence-electron chi connectivity index (χ2n) is 3.89. The van der Waals surface area contributed by atoms with Gasteiger partial charge >= 0.3 is 0 Å². The number of ether oxygens (including phenoxy) is 1. The van der Waals surface area contributed by atoms with Gasteiger partial charge in [0.1, 0.15) is 5.15 Å². The number of aryl methyl sites for hydroxylation is 1. The highest BCUT2D eigenvalue weighted by atomic mass is 35.5. The molecule has 1 N–H and O–H groups in total. The fourth-order valence-electron chi connectivity index (χ4n) is 1.88. The minimum Gasteiger partial charge on any atom is -0.385 e. The van der Waals surface area contributed by atoms with Crippen LogP contribution in [0.2, 0.25) is 5.15 Å². The maximum Gasteiger partial charge on any atom is 0.224 e. The van der Waals surface area contributed by atoms with Crippen molar-refractivity contribution in [3.8, 4) is 0 Å². The van der Waals surface area contributed by atoms with Crippen LogP contribution < -0.4 is 5.32 Å². The summed E-state index contributed by atoms with van der Waals surface area (Å²) in [6.07, 6.45) is 4.11. The van der Waals surface area contributed by atoms with Crippen LogP contribution in [0.15, 0.2) is 0 Å². The Labute approximate surface area is 100 Å². The predicted octanol–water partition coefficient (Wildman–Crippen LogP) is 2.07. The standard InChI is InChI=1S/C11H16ClN3O/c1-16-7-3-6-13-11-14-9-5-2-4-8(9)10(12)15-11/h2-7H2,1H3,(H,13,14,15). The maximum absolute atomic E-state index is 6.10. The van der Waals surface area contributed by atoms with Crippen LogP contribution in [-0.4, -0.2) is 30.2 Å². The first kappa shape index (κ1) is 11.6. The van der Waals surface area contributed by atoms with Crippen LogP contribution in [0, 0.1) is 0 Å². The average Bonchev–Trinajstić information content (AvgIpc) is 2.73. The Kier molecular flexibility index (Phi) is 3.96. The van der Waals surface area contributed by atoms with E-state index in [2.05, 4.69) is 15.3 Å². The number of nitrogens with zero attached hydrogens (tertiary/aromatic N) is 2. The summed E-state index contributed by atoms with van der Waals surface area (Å²) in [6.45, 7) is 1.55. The van der Waals surface area contributed by atoms with Gasteiger partial charge in [0, 0.05) is 25.8 Å². The summed E-state index contributed by atoms with van der Waals surface area (Å²) in [5.74, 6) is 0.641. The Morgan fingerprint density at radius 1 is 1.38 bits per heavy atom. The fourth-order valence-corrected chi connectivity index (χ4v) is 2.17. The zero-order valence-corrected chi connectivity index (χ0v) is 10.2. The Balaban J connectivity index is 1.97. The molecule has 0 saturated heterocycles. The Bertz CT molecular complexity index is 370. The molecule has 0 spiro atoms. The Morgan fingerprint density at radius 3 is 3.06 bits per heavy atom. The molecular weight excluding hydrogens is 226 g/mol. The van der Waals surface area contributed by atoms with Crippen molar-refractivity contribution >= 4 is 17.5 Å². The molecule has 1 aliphatic rings. The van der Waals surface area contributed by atoms with Crippen LogP contribution in [0.3, 0.4) is 0 Å². The van der Waals surface area contributed by atoms with Gasteiger partial charge in [-0.3, -0.25) is 0 Å². The van der Waals surface area contributed by atoms with Crippen LogP contribution in [0.1, 0.15) is 24.1 Å². The second kappa shape index (κ2) is 5.46. The van der Waals surface area contributed by atoms with Gasteiger partial charge in [0.05, 0.1) is 5.69 Å². The summed E-state index contributed by atoms with van der Waals surface area (Å²) in [5, 5.41) is 3.77. The van der Waals surface area contributed by atoms with E-state index in [0.29, 0.717) is 11.1 Å². The first-order chi connectivity index (χ1) is 7.81. The van der Waals surface area contributed by atoms with Gasteiger partial charge in [0.15, 0.2) is 0 Å². The van der Waals surface area contributed by atoms with Crippen molar-refractivity contribution in [2.45, 2.75) is 25.7 Å². The first-order valence-electron chi connectivity index (χ1n) is 5.59. The average molecular weight is 242 g/mol. The van der Waals surface area contributed by atoms with E-state index in [0.717, 1.165) is 50.1 Å². The number of hydrogen-bond acceptors (Lipinski definition) is 4. The molecule has 0 aromatic carbocycles. The monoisotopic (exact) mass is 241 g/mol. The van der Waals surface area contributed by atoms with E-state index in [1.54, 1.807) is 7.11 Å². The molecule has 0 atom stereocenters. The molecule has 1 aromatic rings. The van der Waals surface area contributed by atoms with E-state index in [1.165, 1.54) is 0 Å². The molecule has 1 heterocycles. The Hall–Kier alpha value is -0.870. The molecule has 1 aromatic heterocycles. The largest absolute Gasteiger partial charge is 0.385 e. The molecule has 0 amide bonds. The van der Waals surface area contributed by atoms with Gasteiger partial charge in [-0.1, -0.05) is 11.6 Å². The number of hydrogen-bond donors (Lipinski definition) is 1. The second-order valence-corrected chi connectivity index (χ2v) is 4.25. The van der Waals surface area contributed by atoms with Crippen molar-refractivity contribution in [1.29, 1.82) is 0 Å². The van der Waals surface area contributed by atoms with Crippen LogP contribution in [-0.2, 0) is 17.6 Å². The molecule has 88 valence electrons.